The average molecular weight is 899 g/mol. The largest absolute Gasteiger partial charge is 0.454 e. The molecule has 0 atom stereocenters. The topological polar surface area (TPSA) is 19.6 Å². The summed E-state index contributed by atoms with van der Waals surface area (Å²) >= 11 is 1.90. The van der Waals surface area contributed by atoms with E-state index in [-0.39, 0.29) is 0 Å². The summed E-state index contributed by atoms with van der Waals surface area (Å²) in [5, 5.41) is 7.05. The van der Waals surface area contributed by atoms with Crippen LogP contribution in [0.1, 0.15) is 22.3 Å². The first-order valence-corrected chi connectivity index (χ1v) is 24.4. The van der Waals surface area contributed by atoms with Crippen LogP contribution in [0.15, 0.2) is 259 Å². The summed E-state index contributed by atoms with van der Waals surface area (Å²) in [7, 11) is 0. The molecule has 2 aromatic heterocycles. The van der Waals surface area contributed by atoms with Crippen LogP contribution in [-0.4, -0.2) is 0 Å². The number of benzene rings is 11. The highest BCUT2D eigenvalue weighted by Gasteiger charge is 2.50. The van der Waals surface area contributed by atoms with Gasteiger partial charge < -0.3 is 14.2 Å². The molecule has 0 N–H and O–H groups in total. The third-order valence-corrected chi connectivity index (χ3v) is 15.4. The van der Waals surface area contributed by atoms with Crippen LogP contribution in [0.5, 0.6) is 0 Å². The number of thiophene rings is 1. The Bertz CT molecular complexity index is 3990. The minimum Gasteiger partial charge on any atom is -0.454 e. The fourth-order valence-corrected chi connectivity index (χ4v) is 12.7. The van der Waals surface area contributed by atoms with Gasteiger partial charge in [-0.3, -0.25) is 0 Å². The zero-order valence-corrected chi connectivity index (χ0v) is 38.3. The zero-order valence-electron chi connectivity index (χ0n) is 37.5. The third kappa shape index (κ3) is 5.92. The Balaban J connectivity index is 1.21. The van der Waals surface area contributed by atoms with Crippen molar-refractivity contribution in [3.05, 3.63) is 277 Å². The van der Waals surface area contributed by atoms with Gasteiger partial charge in [0.1, 0.15) is 5.58 Å². The van der Waals surface area contributed by atoms with E-state index < -0.39 is 5.41 Å². The predicted octanol–water partition coefficient (Wildman–Crippen LogP) is 18.4. The fraction of sp³-hybridized carbons (Fsp3) is 0.0154. The lowest BCUT2D eigenvalue weighted by atomic mass is 9.67. The maximum absolute atomic E-state index is 7.32. The van der Waals surface area contributed by atoms with E-state index in [0.717, 1.165) is 56.1 Å². The van der Waals surface area contributed by atoms with Gasteiger partial charge in [0.2, 0.25) is 0 Å². The Hall–Kier alpha value is -8.70. The summed E-state index contributed by atoms with van der Waals surface area (Å²) in [6.07, 6.45) is 0. The summed E-state index contributed by atoms with van der Waals surface area (Å²) in [5.74, 6) is 0. The summed E-state index contributed by atoms with van der Waals surface area (Å²) in [6, 6.07) is 93.0. The van der Waals surface area contributed by atoms with Crippen LogP contribution < -0.4 is 9.80 Å². The van der Waals surface area contributed by atoms with Crippen LogP contribution in [0.3, 0.4) is 0 Å². The monoisotopic (exact) mass is 898 g/mol. The second-order valence-corrected chi connectivity index (χ2v) is 19.0. The van der Waals surface area contributed by atoms with E-state index in [1.165, 1.54) is 64.3 Å². The first-order chi connectivity index (χ1) is 34.3. The molecule has 324 valence electrons. The normalized spacial score (nSPS) is 12.8. The molecule has 2 heterocycles. The number of anilines is 6. The van der Waals surface area contributed by atoms with E-state index in [2.05, 4.69) is 265 Å². The smallest absolute Gasteiger partial charge is 0.160 e. The van der Waals surface area contributed by atoms with Crippen molar-refractivity contribution < 1.29 is 4.42 Å². The minimum atomic E-state index is -0.779. The van der Waals surface area contributed by atoms with Crippen molar-refractivity contribution in [2.24, 2.45) is 0 Å². The van der Waals surface area contributed by atoms with E-state index in [4.69, 9.17) is 4.42 Å². The van der Waals surface area contributed by atoms with Gasteiger partial charge in [-0.2, -0.15) is 0 Å². The first-order valence-electron chi connectivity index (χ1n) is 23.6. The number of hydrogen-bond donors (Lipinski definition) is 0. The van der Waals surface area contributed by atoms with Crippen molar-refractivity contribution >= 4 is 98.3 Å². The van der Waals surface area contributed by atoms with Crippen molar-refractivity contribution in [3.63, 3.8) is 0 Å². The molecule has 1 aliphatic rings. The second-order valence-electron chi connectivity index (χ2n) is 17.9. The van der Waals surface area contributed by atoms with E-state index in [0.29, 0.717) is 0 Å². The lowest BCUT2D eigenvalue weighted by Crippen LogP contribution is -2.29. The number of rotatable bonds is 8. The van der Waals surface area contributed by atoms with Crippen LogP contribution in [0.4, 0.5) is 34.1 Å². The SMILES string of the molecule is c1ccc(N(c2ccc3ccccc3c2)c2cc3c(c4c2oc2ccccc24)-c2c(cc(N(c4ccccc4)c4ccccc4)c4c2sc2ccccc24)C3(c2ccccc2)c2ccccc2)cc1. The Morgan fingerprint density at radius 1 is 0.362 bits per heavy atom. The average Bonchev–Trinajstić information content (AvgIpc) is 4.09. The quantitative estimate of drug-likeness (QED) is 0.151. The lowest BCUT2D eigenvalue weighted by Gasteiger charge is -2.36. The Morgan fingerprint density at radius 3 is 1.49 bits per heavy atom. The van der Waals surface area contributed by atoms with Crippen molar-refractivity contribution in [1.82, 2.24) is 0 Å². The summed E-state index contributed by atoms with van der Waals surface area (Å²) in [6.45, 7) is 0. The van der Waals surface area contributed by atoms with E-state index in [1.807, 2.05) is 11.3 Å². The van der Waals surface area contributed by atoms with Gasteiger partial charge in [0.15, 0.2) is 5.58 Å². The van der Waals surface area contributed by atoms with Crippen molar-refractivity contribution in [3.8, 4) is 11.1 Å². The molecule has 14 rings (SSSR count). The van der Waals surface area contributed by atoms with Crippen molar-refractivity contribution in [2.75, 3.05) is 9.80 Å². The molecule has 0 saturated heterocycles. The fourth-order valence-electron chi connectivity index (χ4n) is 11.4. The molecule has 0 radical (unpaired) electrons. The second kappa shape index (κ2) is 15.7. The molecule has 0 spiro atoms. The van der Waals surface area contributed by atoms with E-state index in [1.54, 1.807) is 0 Å². The van der Waals surface area contributed by atoms with Crippen molar-refractivity contribution in [1.29, 1.82) is 0 Å². The van der Waals surface area contributed by atoms with Gasteiger partial charge >= 0.3 is 0 Å². The molecule has 0 bridgehead atoms. The molecule has 11 aromatic carbocycles. The molecule has 4 heteroatoms. The maximum Gasteiger partial charge on any atom is 0.160 e. The zero-order chi connectivity index (χ0) is 45.5. The van der Waals surface area contributed by atoms with Crippen LogP contribution in [-0.2, 0) is 5.41 Å². The first kappa shape index (κ1) is 39.5. The number of furan rings is 1. The van der Waals surface area contributed by atoms with Crippen molar-refractivity contribution in [2.45, 2.75) is 5.41 Å². The minimum absolute atomic E-state index is 0.779. The van der Waals surface area contributed by atoms with Gasteiger partial charge in [0, 0.05) is 64.8 Å². The molecular formula is C65H42N2OS. The van der Waals surface area contributed by atoms with Crippen LogP contribution in [0.25, 0.3) is 64.0 Å². The Morgan fingerprint density at radius 2 is 0.855 bits per heavy atom. The number of nitrogens with zero attached hydrogens (tertiary/aromatic N) is 2. The number of fused-ring (bicyclic) bond motifs is 12. The van der Waals surface area contributed by atoms with E-state index in [9.17, 15) is 0 Å². The Kier molecular flexibility index (Phi) is 8.98. The predicted molar refractivity (Wildman–Crippen MR) is 291 cm³/mol. The highest BCUT2D eigenvalue weighted by Crippen LogP contribution is 2.65. The van der Waals surface area contributed by atoms with Gasteiger partial charge in [0.25, 0.3) is 0 Å². The molecule has 13 aromatic rings. The molecule has 0 unspecified atom stereocenters. The van der Waals surface area contributed by atoms with Gasteiger partial charge in [-0.1, -0.05) is 182 Å². The van der Waals surface area contributed by atoms with Crippen LogP contribution >= 0.6 is 11.3 Å². The van der Waals surface area contributed by atoms with Gasteiger partial charge in [-0.25, -0.2) is 0 Å². The molecule has 69 heavy (non-hydrogen) atoms. The van der Waals surface area contributed by atoms with Crippen LogP contribution in [0, 0.1) is 0 Å². The standard InChI is InChI=1S/C65H42N2OS/c1-6-24-45(25-7-1)65(46-26-8-2-9-27-46)53-42-56(67(49-32-14-5-15-33-49)50-39-38-43-22-16-17-23-44(43)40-50)63-60(51-34-18-20-36-57(51)68-63)61(53)62-54(65)41-55(59-52-35-19-21-37-58(52)69-64(59)62)66(47-28-10-3-11-29-47)48-30-12-4-13-31-48/h1-42H. The molecule has 1 aliphatic carbocycles. The number of hydrogen-bond acceptors (Lipinski definition) is 4. The molecular weight excluding hydrogens is 857 g/mol. The Labute approximate surface area is 404 Å². The molecule has 0 saturated carbocycles. The van der Waals surface area contributed by atoms with Gasteiger partial charge in [-0.05, 0) is 106 Å². The van der Waals surface area contributed by atoms with Crippen LogP contribution in [0.2, 0.25) is 0 Å². The lowest BCUT2D eigenvalue weighted by molar-refractivity contribution is 0.668. The molecule has 0 amide bonds. The van der Waals surface area contributed by atoms with Gasteiger partial charge in [-0.15, -0.1) is 11.3 Å². The summed E-state index contributed by atoms with van der Waals surface area (Å²) < 4.78 is 9.82. The highest BCUT2D eigenvalue weighted by molar-refractivity contribution is 7.26. The van der Waals surface area contributed by atoms with Gasteiger partial charge in [0.05, 0.1) is 16.8 Å². The maximum atomic E-state index is 7.32. The van der Waals surface area contributed by atoms with E-state index >= 15 is 0 Å². The number of para-hydroxylation sites is 4. The summed E-state index contributed by atoms with van der Waals surface area (Å²) in [5.41, 5.74) is 14.6. The third-order valence-electron chi connectivity index (χ3n) is 14.2. The molecule has 0 fully saturated rings. The molecule has 3 nitrogen and oxygen atoms in total. The summed E-state index contributed by atoms with van der Waals surface area (Å²) in [4.78, 5) is 4.88. The highest BCUT2D eigenvalue weighted by atomic mass is 32.1. The molecule has 0 aliphatic heterocycles.